The number of hydrogen-bond acceptors (Lipinski definition) is 4. The summed E-state index contributed by atoms with van der Waals surface area (Å²) in [7, 11) is 1.77. The van der Waals surface area contributed by atoms with E-state index in [1.807, 2.05) is 0 Å². The number of methoxy groups -OCH3 is 1. The second-order valence-corrected chi connectivity index (χ2v) is 6.03. The van der Waals surface area contributed by atoms with Crippen LogP contribution in [0.2, 0.25) is 0 Å². The molecule has 1 aliphatic heterocycles. The van der Waals surface area contributed by atoms with Gasteiger partial charge in [0.1, 0.15) is 0 Å². The first-order valence-corrected chi connectivity index (χ1v) is 7.27. The number of nitrogens with one attached hydrogen (secondary N) is 2. The van der Waals surface area contributed by atoms with Crippen molar-refractivity contribution in [2.75, 3.05) is 59.5 Å². The molecule has 0 aliphatic carbocycles. The molecule has 1 saturated heterocycles. The normalized spacial score (nSPS) is 18.8. The molecule has 0 aromatic rings. The van der Waals surface area contributed by atoms with Crippen LogP contribution in [0.15, 0.2) is 0 Å². The quantitative estimate of drug-likeness (QED) is 0.635. The smallest absolute Gasteiger partial charge is 0.0467 e. The molecular formula is C14H31N3O. The number of rotatable bonds is 8. The average molecular weight is 257 g/mol. The molecule has 0 atom stereocenters. The highest BCUT2D eigenvalue weighted by molar-refractivity contribution is 4.72. The number of nitrogens with zero attached hydrogens (tertiary/aromatic N) is 1. The molecule has 108 valence electrons. The highest BCUT2D eigenvalue weighted by atomic mass is 16.5. The van der Waals surface area contributed by atoms with Crippen molar-refractivity contribution >= 4 is 0 Å². The van der Waals surface area contributed by atoms with Crippen molar-refractivity contribution in [2.24, 2.45) is 5.41 Å². The second-order valence-electron chi connectivity index (χ2n) is 6.03. The van der Waals surface area contributed by atoms with Gasteiger partial charge < -0.3 is 20.3 Å². The first kappa shape index (κ1) is 15.9. The molecule has 0 unspecified atom stereocenters. The van der Waals surface area contributed by atoms with Crippen LogP contribution in [0.4, 0.5) is 0 Å². The van der Waals surface area contributed by atoms with E-state index in [4.69, 9.17) is 4.74 Å². The summed E-state index contributed by atoms with van der Waals surface area (Å²) in [6.07, 6.45) is 2.39. The second kappa shape index (κ2) is 8.86. The molecule has 1 fully saturated rings. The zero-order valence-electron chi connectivity index (χ0n) is 12.4. The van der Waals surface area contributed by atoms with Crippen LogP contribution in [-0.2, 0) is 4.74 Å². The van der Waals surface area contributed by atoms with Crippen molar-refractivity contribution in [1.29, 1.82) is 0 Å². The molecule has 1 heterocycles. The average Bonchev–Trinajstić information content (AvgIpc) is 2.61. The van der Waals surface area contributed by atoms with Crippen LogP contribution in [0, 0.1) is 5.41 Å². The summed E-state index contributed by atoms with van der Waals surface area (Å²) in [5, 5.41) is 7.02. The monoisotopic (exact) mass is 257 g/mol. The molecule has 0 aromatic carbocycles. The molecule has 0 saturated carbocycles. The zero-order chi connectivity index (χ0) is 13.3. The predicted octanol–water partition coefficient (Wildman–Crippen LogP) is 0.934. The summed E-state index contributed by atoms with van der Waals surface area (Å²) in [5.74, 6) is 0. The Kier molecular flexibility index (Phi) is 7.82. The van der Waals surface area contributed by atoms with Crippen molar-refractivity contribution in [3.63, 3.8) is 0 Å². The summed E-state index contributed by atoms with van der Waals surface area (Å²) in [6.45, 7) is 13.5. The fraction of sp³-hybridized carbons (Fsp3) is 1.00. The largest absolute Gasteiger partial charge is 0.385 e. The number of ether oxygens (including phenoxy) is 1. The van der Waals surface area contributed by atoms with Crippen molar-refractivity contribution < 1.29 is 4.74 Å². The van der Waals surface area contributed by atoms with Crippen LogP contribution in [0.3, 0.4) is 0 Å². The van der Waals surface area contributed by atoms with Crippen LogP contribution in [0.25, 0.3) is 0 Å². The van der Waals surface area contributed by atoms with Gasteiger partial charge in [-0.05, 0) is 31.3 Å². The molecule has 0 radical (unpaired) electrons. The molecule has 1 aliphatic rings. The van der Waals surface area contributed by atoms with Gasteiger partial charge in [-0.1, -0.05) is 13.8 Å². The fourth-order valence-electron chi connectivity index (χ4n) is 2.26. The van der Waals surface area contributed by atoms with Gasteiger partial charge in [0.05, 0.1) is 0 Å². The highest BCUT2D eigenvalue weighted by Gasteiger charge is 2.17. The van der Waals surface area contributed by atoms with Crippen LogP contribution in [-0.4, -0.2) is 64.4 Å². The molecule has 0 bridgehead atoms. The predicted molar refractivity (Wildman–Crippen MR) is 77.1 cm³/mol. The lowest BCUT2D eigenvalue weighted by atomic mass is 9.90. The lowest BCUT2D eigenvalue weighted by Gasteiger charge is -2.26. The molecular weight excluding hydrogens is 226 g/mol. The minimum absolute atomic E-state index is 0.330. The topological polar surface area (TPSA) is 36.5 Å². The minimum atomic E-state index is 0.330. The van der Waals surface area contributed by atoms with Crippen LogP contribution in [0.5, 0.6) is 0 Å². The van der Waals surface area contributed by atoms with Crippen LogP contribution < -0.4 is 10.6 Å². The molecule has 0 amide bonds. The molecule has 0 aromatic heterocycles. The third-order valence-electron chi connectivity index (χ3n) is 3.62. The summed E-state index contributed by atoms with van der Waals surface area (Å²) >= 11 is 0. The maximum Gasteiger partial charge on any atom is 0.0467 e. The van der Waals surface area contributed by atoms with Gasteiger partial charge in [-0.3, -0.25) is 0 Å². The van der Waals surface area contributed by atoms with Crippen molar-refractivity contribution in [3.05, 3.63) is 0 Å². The van der Waals surface area contributed by atoms with E-state index in [0.29, 0.717) is 5.41 Å². The van der Waals surface area contributed by atoms with E-state index in [0.717, 1.165) is 32.7 Å². The van der Waals surface area contributed by atoms with E-state index < -0.39 is 0 Å². The van der Waals surface area contributed by atoms with E-state index in [9.17, 15) is 0 Å². The first-order chi connectivity index (χ1) is 8.64. The van der Waals surface area contributed by atoms with Gasteiger partial charge in [-0.2, -0.15) is 0 Å². The molecule has 4 nitrogen and oxygen atoms in total. The van der Waals surface area contributed by atoms with Gasteiger partial charge >= 0.3 is 0 Å². The highest BCUT2D eigenvalue weighted by Crippen LogP contribution is 2.18. The molecule has 1 rings (SSSR count). The van der Waals surface area contributed by atoms with E-state index in [1.165, 1.54) is 32.6 Å². The summed E-state index contributed by atoms with van der Waals surface area (Å²) in [4.78, 5) is 2.55. The maximum atomic E-state index is 5.15. The van der Waals surface area contributed by atoms with Crippen molar-refractivity contribution in [1.82, 2.24) is 15.5 Å². The lowest BCUT2D eigenvalue weighted by molar-refractivity contribution is 0.150. The van der Waals surface area contributed by atoms with Crippen LogP contribution >= 0.6 is 0 Å². The molecule has 18 heavy (non-hydrogen) atoms. The van der Waals surface area contributed by atoms with E-state index in [1.54, 1.807) is 7.11 Å². The third kappa shape index (κ3) is 7.31. The van der Waals surface area contributed by atoms with E-state index >= 15 is 0 Å². The first-order valence-electron chi connectivity index (χ1n) is 7.27. The Morgan fingerprint density at radius 2 is 2.11 bits per heavy atom. The Bertz CT molecular complexity index is 201. The fourth-order valence-corrected chi connectivity index (χ4v) is 2.26. The Morgan fingerprint density at radius 1 is 1.28 bits per heavy atom. The standard InChI is InChI=1S/C14H31N3O/c1-14(2,5-12-18-3)13-16-8-11-17-9-4-6-15-7-10-17/h15-16H,4-13H2,1-3H3. The summed E-state index contributed by atoms with van der Waals surface area (Å²) in [5.41, 5.74) is 0.330. The van der Waals surface area contributed by atoms with Crippen molar-refractivity contribution in [2.45, 2.75) is 26.7 Å². The van der Waals surface area contributed by atoms with Crippen LogP contribution in [0.1, 0.15) is 26.7 Å². The SMILES string of the molecule is COCCC(C)(C)CNCCN1CCCNCC1. The van der Waals surface area contributed by atoms with Crippen molar-refractivity contribution in [3.8, 4) is 0 Å². The lowest BCUT2D eigenvalue weighted by Crippen LogP contribution is -2.38. The molecule has 4 heteroatoms. The van der Waals surface area contributed by atoms with E-state index in [-0.39, 0.29) is 0 Å². The number of hydrogen-bond donors (Lipinski definition) is 2. The Balaban J connectivity index is 2.06. The van der Waals surface area contributed by atoms with Gasteiger partial charge in [-0.15, -0.1) is 0 Å². The minimum Gasteiger partial charge on any atom is -0.385 e. The molecule has 2 N–H and O–H groups in total. The van der Waals surface area contributed by atoms with Gasteiger partial charge in [-0.25, -0.2) is 0 Å². The Hall–Kier alpha value is -0.160. The Morgan fingerprint density at radius 3 is 2.89 bits per heavy atom. The van der Waals surface area contributed by atoms with E-state index in [2.05, 4.69) is 29.4 Å². The zero-order valence-corrected chi connectivity index (χ0v) is 12.4. The summed E-state index contributed by atoms with van der Waals surface area (Å²) in [6, 6.07) is 0. The van der Waals surface area contributed by atoms with Gasteiger partial charge in [0.15, 0.2) is 0 Å². The van der Waals surface area contributed by atoms with Gasteiger partial charge in [0, 0.05) is 46.4 Å². The maximum absolute atomic E-state index is 5.15. The molecule has 0 spiro atoms. The van der Waals surface area contributed by atoms with Gasteiger partial charge in [0.2, 0.25) is 0 Å². The Labute approximate surface area is 112 Å². The third-order valence-corrected chi connectivity index (χ3v) is 3.62. The van der Waals surface area contributed by atoms with Gasteiger partial charge in [0.25, 0.3) is 0 Å². The summed E-state index contributed by atoms with van der Waals surface area (Å²) < 4.78 is 5.15.